The van der Waals surface area contributed by atoms with Crippen LogP contribution in [0.4, 0.5) is 4.79 Å². The summed E-state index contributed by atoms with van der Waals surface area (Å²) in [5.41, 5.74) is -0.706. The van der Waals surface area contributed by atoms with Crippen molar-refractivity contribution in [3.05, 3.63) is 0 Å². The second kappa shape index (κ2) is 5.45. The van der Waals surface area contributed by atoms with Crippen LogP contribution in [0.25, 0.3) is 0 Å². The van der Waals surface area contributed by atoms with Crippen molar-refractivity contribution in [2.75, 3.05) is 6.61 Å². The van der Waals surface area contributed by atoms with Crippen LogP contribution in [0.1, 0.15) is 32.6 Å². The monoisotopic (exact) mass is 206 g/mol. The molecule has 1 rings (SSSR count). The van der Waals surface area contributed by atoms with Crippen LogP contribution in [0.5, 0.6) is 0 Å². The molecule has 0 heterocycles. The molecule has 4 heteroatoms. The smallest absolute Gasteiger partial charge is 0.404 e. The summed E-state index contributed by atoms with van der Waals surface area (Å²) in [4.78, 5) is 10.5. The van der Waals surface area contributed by atoms with Crippen molar-refractivity contribution in [2.24, 2.45) is 0 Å². The Labute approximate surface area is 83.3 Å². The van der Waals surface area contributed by atoms with Crippen LogP contribution in [0, 0.1) is 0 Å². The van der Waals surface area contributed by atoms with Crippen LogP contribution in [0.15, 0.2) is 0 Å². The average Bonchev–Trinajstić information content (AvgIpc) is 2.04. The number of halogens is 1. The third-order valence-electron chi connectivity index (χ3n) is 2.24. The second-order valence-corrected chi connectivity index (χ2v) is 3.53. The van der Waals surface area contributed by atoms with Crippen molar-refractivity contribution in [1.29, 1.82) is 0 Å². The maximum absolute atomic E-state index is 10.5. The normalized spacial score (nSPS) is 28.5. The summed E-state index contributed by atoms with van der Waals surface area (Å²) in [6, 6.07) is 0. The highest BCUT2D eigenvalue weighted by molar-refractivity contribution is 6.61. The first kappa shape index (κ1) is 10.8. The predicted octanol–water partition coefficient (Wildman–Crippen LogP) is 2.71. The van der Waals surface area contributed by atoms with Gasteiger partial charge >= 0.3 is 5.43 Å². The molecule has 0 aromatic rings. The fourth-order valence-corrected chi connectivity index (χ4v) is 1.85. The van der Waals surface area contributed by atoms with E-state index in [4.69, 9.17) is 21.1 Å². The summed E-state index contributed by atoms with van der Waals surface area (Å²) in [6.07, 6.45) is 3.98. The SMILES string of the molecule is CCOC1CCCC(OC(=O)Cl)C1. The van der Waals surface area contributed by atoms with Gasteiger partial charge in [-0.3, -0.25) is 0 Å². The number of carbonyl (C=O) groups excluding carboxylic acids is 1. The van der Waals surface area contributed by atoms with E-state index in [9.17, 15) is 4.79 Å². The molecule has 0 saturated heterocycles. The van der Waals surface area contributed by atoms with E-state index in [1.54, 1.807) is 0 Å². The third-order valence-corrected chi connectivity index (χ3v) is 2.33. The van der Waals surface area contributed by atoms with Gasteiger partial charge in [-0.1, -0.05) is 0 Å². The Kier molecular flexibility index (Phi) is 4.53. The Bertz CT molecular complexity index is 170. The van der Waals surface area contributed by atoms with E-state index in [0.29, 0.717) is 6.61 Å². The molecule has 0 spiro atoms. The largest absolute Gasteiger partial charge is 0.450 e. The van der Waals surface area contributed by atoms with E-state index in [1.807, 2.05) is 6.92 Å². The summed E-state index contributed by atoms with van der Waals surface area (Å²) in [7, 11) is 0. The van der Waals surface area contributed by atoms with Gasteiger partial charge in [0.05, 0.1) is 6.10 Å². The highest BCUT2D eigenvalue weighted by Gasteiger charge is 2.24. The van der Waals surface area contributed by atoms with Crippen molar-refractivity contribution in [2.45, 2.75) is 44.8 Å². The van der Waals surface area contributed by atoms with E-state index >= 15 is 0 Å². The fourth-order valence-electron chi connectivity index (χ4n) is 1.73. The lowest BCUT2D eigenvalue weighted by molar-refractivity contribution is -0.0112. The molecule has 1 fully saturated rings. The summed E-state index contributed by atoms with van der Waals surface area (Å²) in [6.45, 7) is 2.68. The Morgan fingerprint density at radius 3 is 2.77 bits per heavy atom. The summed E-state index contributed by atoms with van der Waals surface area (Å²) in [5, 5.41) is 0. The molecular weight excluding hydrogens is 192 g/mol. The molecule has 1 aliphatic carbocycles. The van der Waals surface area contributed by atoms with Gasteiger partial charge in [0.1, 0.15) is 6.10 Å². The highest BCUT2D eigenvalue weighted by Crippen LogP contribution is 2.23. The van der Waals surface area contributed by atoms with Crippen LogP contribution in [0.2, 0.25) is 0 Å². The number of hydrogen-bond donors (Lipinski definition) is 0. The van der Waals surface area contributed by atoms with Crippen LogP contribution < -0.4 is 0 Å². The minimum absolute atomic E-state index is 0.0460. The number of ether oxygens (including phenoxy) is 2. The zero-order valence-corrected chi connectivity index (χ0v) is 8.55. The van der Waals surface area contributed by atoms with Gasteiger partial charge in [-0.15, -0.1) is 0 Å². The molecule has 76 valence electrons. The fraction of sp³-hybridized carbons (Fsp3) is 0.889. The molecule has 2 atom stereocenters. The van der Waals surface area contributed by atoms with E-state index < -0.39 is 5.43 Å². The van der Waals surface area contributed by atoms with Crippen molar-refractivity contribution < 1.29 is 14.3 Å². The second-order valence-electron chi connectivity index (χ2n) is 3.22. The molecule has 0 N–H and O–H groups in total. The lowest BCUT2D eigenvalue weighted by Gasteiger charge is -2.27. The zero-order chi connectivity index (χ0) is 9.68. The maximum atomic E-state index is 10.5. The first-order valence-electron chi connectivity index (χ1n) is 4.70. The number of carbonyl (C=O) groups is 1. The highest BCUT2D eigenvalue weighted by atomic mass is 35.5. The Hall–Kier alpha value is -0.280. The van der Waals surface area contributed by atoms with Crippen molar-refractivity contribution in [1.82, 2.24) is 0 Å². The summed E-state index contributed by atoms with van der Waals surface area (Å²) < 4.78 is 10.4. The van der Waals surface area contributed by atoms with Crippen LogP contribution in [-0.4, -0.2) is 24.2 Å². The maximum Gasteiger partial charge on any atom is 0.404 e. The molecule has 13 heavy (non-hydrogen) atoms. The molecule has 0 radical (unpaired) electrons. The molecule has 3 nitrogen and oxygen atoms in total. The average molecular weight is 207 g/mol. The number of hydrogen-bond acceptors (Lipinski definition) is 3. The molecule has 0 bridgehead atoms. The van der Waals surface area contributed by atoms with Crippen LogP contribution in [0.3, 0.4) is 0 Å². The molecule has 0 aromatic heterocycles. The van der Waals surface area contributed by atoms with Gasteiger partial charge in [0.15, 0.2) is 0 Å². The van der Waals surface area contributed by atoms with E-state index in [0.717, 1.165) is 25.7 Å². The standard InChI is InChI=1S/C9H15ClO3/c1-2-12-7-4-3-5-8(6-7)13-9(10)11/h7-8H,2-6H2,1H3. The van der Waals surface area contributed by atoms with Crippen LogP contribution >= 0.6 is 11.6 Å². The lowest BCUT2D eigenvalue weighted by Crippen LogP contribution is -2.28. The van der Waals surface area contributed by atoms with Crippen LogP contribution in [-0.2, 0) is 9.47 Å². The van der Waals surface area contributed by atoms with E-state index in [2.05, 4.69) is 0 Å². The van der Waals surface area contributed by atoms with Gasteiger partial charge in [0.25, 0.3) is 0 Å². The number of rotatable bonds is 3. The molecule has 0 aliphatic heterocycles. The van der Waals surface area contributed by atoms with E-state index in [1.165, 1.54) is 0 Å². The van der Waals surface area contributed by atoms with Gasteiger partial charge in [0, 0.05) is 24.6 Å². The molecular formula is C9H15ClO3. The lowest BCUT2D eigenvalue weighted by atomic mass is 9.95. The van der Waals surface area contributed by atoms with Gasteiger partial charge in [-0.2, -0.15) is 0 Å². The Balaban J connectivity index is 2.28. The first-order valence-corrected chi connectivity index (χ1v) is 5.08. The van der Waals surface area contributed by atoms with Crippen molar-refractivity contribution in [3.8, 4) is 0 Å². The Morgan fingerprint density at radius 2 is 2.15 bits per heavy atom. The van der Waals surface area contributed by atoms with Crippen molar-refractivity contribution in [3.63, 3.8) is 0 Å². The van der Waals surface area contributed by atoms with E-state index in [-0.39, 0.29) is 12.2 Å². The van der Waals surface area contributed by atoms with Gasteiger partial charge in [-0.25, -0.2) is 4.79 Å². The molecule has 0 aromatic carbocycles. The Morgan fingerprint density at radius 1 is 1.46 bits per heavy atom. The third kappa shape index (κ3) is 3.96. The molecule has 0 amide bonds. The predicted molar refractivity (Wildman–Crippen MR) is 50.0 cm³/mol. The van der Waals surface area contributed by atoms with Crippen molar-refractivity contribution >= 4 is 17.0 Å². The van der Waals surface area contributed by atoms with Gasteiger partial charge in [-0.05, 0) is 26.2 Å². The zero-order valence-electron chi connectivity index (χ0n) is 7.79. The molecule has 1 saturated carbocycles. The quantitative estimate of drug-likeness (QED) is 0.666. The van der Waals surface area contributed by atoms with Gasteiger partial charge in [0.2, 0.25) is 0 Å². The molecule has 2 unspecified atom stereocenters. The summed E-state index contributed by atoms with van der Waals surface area (Å²) in [5.74, 6) is 0. The summed E-state index contributed by atoms with van der Waals surface area (Å²) >= 11 is 5.13. The topological polar surface area (TPSA) is 35.5 Å². The van der Waals surface area contributed by atoms with Gasteiger partial charge < -0.3 is 9.47 Å². The minimum Gasteiger partial charge on any atom is -0.450 e. The first-order chi connectivity index (χ1) is 6.22. The molecule has 1 aliphatic rings. The minimum atomic E-state index is -0.706.